The van der Waals surface area contributed by atoms with Gasteiger partial charge in [0, 0.05) is 18.7 Å². The first-order chi connectivity index (χ1) is 9.00. The molecule has 1 N–H and O–H groups in total. The maximum Gasteiger partial charge on any atom is 0.151 e. The van der Waals surface area contributed by atoms with Crippen LogP contribution in [0.3, 0.4) is 0 Å². The smallest absolute Gasteiger partial charge is 0.151 e. The lowest BCUT2D eigenvalue weighted by molar-refractivity contribution is 0.282. The van der Waals surface area contributed by atoms with Gasteiger partial charge in [-0.3, -0.25) is 4.90 Å². The van der Waals surface area contributed by atoms with Crippen LogP contribution in [0.4, 0.5) is 0 Å². The number of nitrogens with zero attached hydrogens (tertiary/aromatic N) is 1. The van der Waals surface area contributed by atoms with E-state index in [1.54, 1.807) is 25.3 Å². The molecule has 0 aromatic heterocycles. The van der Waals surface area contributed by atoms with Gasteiger partial charge in [0.25, 0.3) is 0 Å². The Kier molecular flexibility index (Phi) is 4.31. The van der Waals surface area contributed by atoms with Crippen molar-refractivity contribution in [1.29, 1.82) is 0 Å². The maximum absolute atomic E-state index is 11.5. The van der Waals surface area contributed by atoms with E-state index in [2.05, 4.69) is 4.90 Å². The Morgan fingerprint density at radius 2 is 2.11 bits per heavy atom. The fourth-order valence-corrected chi connectivity index (χ4v) is 3.51. The number of aromatic hydroxyl groups is 1. The molecule has 1 aromatic rings. The summed E-state index contributed by atoms with van der Waals surface area (Å²) in [4.78, 5) is 2.05. The molecule has 106 valence electrons. The van der Waals surface area contributed by atoms with Gasteiger partial charge in [-0.15, -0.1) is 0 Å². The van der Waals surface area contributed by atoms with Gasteiger partial charge in [-0.1, -0.05) is 0 Å². The zero-order valence-electron chi connectivity index (χ0n) is 11.0. The van der Waals surface area contributed by atoms with Crippen LogP contribution < -0.4 is 4.74 Å². The van der Waals surface area contributed by atoms with Gasteiger partial charge in [0.2, 0.25) is 0 Å². The van der Waals surface area contributed by atoms with Crippen LogP contribution in [-0.2, 0) is 16.4 Å². The molecule has 0 atom stereocenters. The SMILES string of the molecule is COc1ccc(O)c(CN2CCCS(=O)(=O)CC2)c1. The van der Waals surface area contributed by atoms with Crippen molar-refractivity contribution in [2.45, 2.75) is 13.0 Å². The minimum atomic E-state index is -2.90. The molecular formula is C13H19NO4S. The third-order valence-corrected chi connectivity index (χ3v) is 5.04. The quantitative estimate of drug-likeness (QED) is 0.898. The minimum absolute atomic E-state index is 0.192. The van der Waals surface area contributed by atoms with Gasteiger partial charge in [0.1, 0.15) is 11.5 Å². The van der Waals surface area contributed by atoms with Crippen molar-refractivity contribution < 1.29 is 18.3 Å². The topological polar surface area (TPSA) is 66.8 Å². The fraction of sp³-hybridized carbons (Fsp3) is 0.538. The standard InChI is InChI=1S/C13H19NO4S/c1-18-12-3-4-13(15)11(9-12)10-14-5-2-7-19(16,17)8-6-14/h3-4,9,15H,2,5-8,10H2,1H3. The molecule has 0 amide bonds. The monoisotopic (exact) mass is 285 g/mol. The van der Waals surface area contributed by atoms with Crippen molar-refractivity contribution >= 4 is 9.84 Å². The molecule has 0 unspecified atom stereocenters. The summed E-state index contributed by atoms with van der Waals surface area (Å²) in [7, 11) is -1.32. The number of methoxy groups -OCH3 is 1. The van der Waals surface area contributed by atoms with Gasteiger partial charge >= 0.3 is 0 Å². The highest BCUT2D eigenvalue weighted by Crippen LogP contribution is 2.24. The maximum atomic E-state index is 11.5. The van der Waals surface area contributed by atoms with E-state index >= 15 is 0 Å². The summed E-state index contributed by atoms with van der Waals surface area (Å²) in [6, 6.07) is 5.09. The Bertz CT molecular complexity index is 542. The van der Waals surface area contributed by atoms with Crippen molar-refractivity contribution in [2.24, 2.45) is 0 Å². The van der Waals surface area contributed by atoms with E-state index in [1.807, 2.05) is 0 Å². The number of sulfone groups is 1. The summed E-state index contributed by atoms with van der Waals surface area (Å²) in [5.41, 5.74) is 0.763. The molecule has 1 heterocycles. The summed E-state index contributed by atoms with van der Waals surface area (Å²) in [6.07, 6.45) is 0.646. The second-order valence-electron chi connectivity index (χ2n) is 4.78. The summed E-state index contributed by atoms with van der Waals surface area (Å²) in [5, 5.41) is 9.83. The highest BCUT2D eigenvalue weighted by Gasteiger charge is 2.19. The minimum Gasteiger partial charge on any atom is -0.508 e. The third-order valence-electron chi connectivity index (χ3n) is 3.33. The molecule has 1 fully saturated rings. The average Bonchev–Trinajstić information content (AvgIpc) is 2.54. The molecular weight excluding hydrogens is 266 g/mol. The number of benzene rings is 1. The third kappa shape index (κ3) is 3.84. The Hall–Kier alpha value is -1.27. The van der Waals surface area contributed by atoms with Gasteiger partial charge in [-0.05, 0) is 31.2 Å². The lowest BCUT2D eigenvalue weighted by Crippen LogP contribution is -2.26. The van der Waals surface area contributed by atoms with E-state index in [0.29, 0.717) is 25.3 Å². The first kappa shape index (κ1) is 14.1. The molecule has 0 aliphatic carbocycles. The molecule has 0 bridgehead atoms. The van der Waals surface area contributed by atoms with Crippen molar-refractivity contribution in [2.75, 3.05) is 31.7 Å². The largest absolute Gasteiger partial charge is 0.508 e. The van der Waals surface area contributed by atoms with Crippen molar-refractivity contribution in [1.82, 2.24) is 4.90 Å². The van der Waals surface area contributed by atoms with Crippen LogP contribution in [-0.4, -0.2) is 50.1 Å². The Morgan fingerprint density at radius 1 is 1.32 bits per heavy atom. The Morgan fingerprint density at radius 3 is 2.84 bits per heavy atom. The highest BCUT2D eigenvalue weighted by atomic mass is 32.2. The molecule has 0 radical (unpaired) electrons. The molecule has 0 saturated carbocycles. The molecule has 1 aliphatic heterocycles. The molecule has 6 heteroatoms. The number of hydrogen-bond donors (Lipinski definition) is 1. The van der Waals surface area contributed by atoms with Crippen molar-refractivity contribution in [3.8, 4) is 11.5 Å². The van der Waals surface area contributed by atoms with E-state index in [9.17, 15) is 13.5 Å². The highest BCUT2D eigenvalue weighted by molar-refractivity contribution is 7.91. The van der Waals surface area contributed by atoms with Gasteiger partial charge in [0.15, 0.2) is 9.84 Å². The molecule has 19 heavy (non-hydrogen) atoms. The molecule has 0 spiro atoms. The molecule has 1 saturated heterocycles. The first-order valence-electron chi connectivity index (χ1n) is 6.29. The van der Waals surface area contributed by atoms with Gasteiger partial charge in [-0.2, -0.15) is 0 Å². The lowest BCUT2D eigenvalue weighted by atomic mass is 10.1. The summed E-state index contributed by atoms with van der Waals surface area (Å²) >= 11 is 0. The van der Waals surface area contributed by atoms with Crippen LogP contribution in [0.2, 0.25) is 0 Å². The lowest BCUT2D eigenvalue weighted by Gasteiger charge is -2.20. The van der Waals surface area contributed by atoms with Crippen LogP contribution in [0, 0.1) is 0 Å². The van der Waals surface area contributed by atoms with Crippen LogP contribution in [0.25, 0.3) is 0 Å². The van der Waals surface area contributed by atoms with Crippen molar-refractivity contribution in [3.05, 3.63) is 23.8 Å². The summed E-state index contributed by atoms with van der Waals surface area (Å²) in [6.45, 7) is 1.79. The number of phenolic OH excluding ortho intramolecular Hbond substituents is 1. The molecule has 2 rings (SSSR count). The number of phenols is 1. The fourth-order valence-electron chi connectivity index (χ4n) is 2.20. The zero-order chi connectivity index (χ0) is 13.9. The predicted octanol–water partition coefficient (Wildman–Crippen LogP) is 1.02. The van der Waals surface area contributed by atoms with E-state index in [0.717, 1.165) is 12.1 Å². The first-order valence-corrected chi connectivity index (χ1v) is 8.11. The van der Waals surface area contributed by atoms with E-state index < -0.39 is 9.84 Å². The normalized spacial score (nSPS) is 19.8. The second kappa shape index (κ2) is 5.79. The van der Waals surface area contributed by atoms with Gasteiger partial charge in [0.05, 0.1) is 18.6 Å². The summed E-state index contributed by atoms with van der Waals surface area (Å²) in [5.74, 6) is 1.36. The van der Waals surface area contributed by atoms with Crippen LogP contribution in [0.5, 0.6) is 11.5 Å². The molecule has 1 aromatic carbocycles. The predicted molar refractivity (Wildman–Crippen MR) is 73.2 cm³/mol. The molecule has 5 nitrogen and oxygen atoms in total. The zero-order valence-corrected chi connectivity index (χ0v) is 11.8. The number of ether oxygens (including phenoxy) is 1. The van der Waals surface area contributed by atoms with Crippen LogP contribution in [0.1, 0.15) is 12.0 Å². The van der Waals surface area contributed by atoms with Gasteiger partial charge in [-0.25, -0.2) is 8.42 Å². The van der Waals surface area contributed by atoms with E-state index in [-0.39, 0.29) is 17.3 Å². The summed E-state index contributed by atoms with van der Waals surface area (Å²) < 4.78 is 28.2. The number of hydrogen-bond acceptors (Lipinski definition) is 5. The Labute approximate surface area is 113 Å². The number of rotatable bonds is 3. The van der Waals surface area contributed by atoms with E-state index in [1.165, 1.54) is 0 Å². The average molecular weight is 285 g/mol. The van der Waals surface area contributed by atoms with Crippen molar-refractivity contribution in [3.63, 3.8) is 0 Å². The van der Waals surface area contributed by atoms with Crippen LogP contribution in [0.15, 0.2) is 18.2 Å². The second-order valence-corrected chi connectivity index (χ2v) is 7.08. The Balaban J connectivity index is 2.08. The molecule has 1 aliphatic rings. The van der Waals surface area contributed by atoms with Gasteiger partial charge < -0.3 is 9.84 Å². The van der Waals surface area contributed by atoms with E-state index in [4.69, 9.17) is 4.74 Å². The van der Waals surface area contributed by atoms with Crippen LogP contribution >= 0.6 is 0 Å².